The second-order valence-electron chi connectivity index (χ2n) is 9.13. The van der Waals surface area contributed by atoms with Gasteiger partial charge in [-0.3, -0.25) is 4.79 Å². The predicted octanol–water partition coefficient (Wildman–Crippen LogP) is 6.76. The third-order valence-corrected chi connectivity index (χ3v) is 6.72. The van der Waals surface area contributed by atoms with Crippen LogP contribution >= 0.6 is 11.6 Å². The van der Waals surface area contributed by atoms with E-state index >= 15 is 0 Å². The molecule has 0 spiro atoms. The van der Waals surface area contributed by atoms with Crippen LogP contribution in [0.2, 0.25) is 5.02 Å². The van der Waals surface area contributed by atoms with Gasteiger partial charge in [-0.25, -0.2) is 9.97 Å². The lowest BCUT2D eigenvalue weighted by atomic mass is 10.1. The van der Waals surface area contributed by atoms with E-state index in [4.69, 9.17) is 16.6 Å². The van der Waals surface area contributed by atoms with Gasteiger partial charge in [-0.15, -0.1) is 0 Å². The summed E-state index contributed by atoms with van der Waals surface area (Å²) in [5.74, 6) is 0.798. The third-order valence-electron chi connectivity index (χ3n) is 6.48. The van der Waals surface area contributed by atoms with Crippen molar-refractivity contribution in [3.63, 3.8) is 0 Å². The predicted molar refractivity (Wildman–Crippen MR) is 148 cm³/mol. The number of para-hydroxylation sites is 1. The molecule has 0 aliphatic heterocycles. The molecule has 0 radical (unpaired) electrons. The van der Waals surface area contributed by atoms with Gasteiger partial charge in [0.15, 0.2) is 5.65 Å². The topological polar surface area (TPSA) is 56.0 Å². The lowest BCUT2D eigenvalue weighted by Gasteiger charge is -2.24. The minimum atomic E-state index is -0.00489. The normalized spacial score (nSPS) is 11.2. The van der Waals surface area contributed by atoms with Crippen LogP contribution in [0.1, 0.15) is 47.9 Å². The number of nitrogens with zero attached hydrogens (tertiary/aromatic N) is 5. The molecular formula is C30H30ClN5O. The fourth-order valence-corrected chi connectivity index (χ4v) is 4.84. The number of rotatable bonds is 10. The Morgan fingerprint density at radius 2 is 1.81 bits per heavy atom. The van der Waals surface area contributed by atoms with Crippen molar-refractivity contribution >= 4 is 28.7 Å². The Morgan fingerprint density at radius 1 is 0.973 bits per heavy atom. The number of carbonyl (C=O) groups is 1. The summed E-state index contributed by atoms with van der Waals surface area (Å²) in [7, 11) is 0. The molecule has 0 aliphatic rings. The second kappa shape index (κ2) is 11.4. The first-order valence-electron chi connectivity index (χ1n) is 12.7. The number of benzene rings is 2. The zero-order valence-electron chi connectivity index (χ0n) is 20.9. The maximum Gasteiger partial charge on any atom is 0.256 e. The molecule has 0 unspecified atom stereocenters. The Kier molecular flexibility index (Phi) is 7.66. The number of halogens is 1. The smallest absolute Gasteiger partial charge is 0.256 e. The molecule has 0 fully saturated rings. The maximum absolute atomic E-state index is 14.0. The minimum Gasteiger partial charge on any atom is -0.331 e. The van der Waals surface area contributed by atoms with E-state index in [-0.39, 0.29) is 5.91 Å². The SMILES string of the molecule is CCCCCN(Cc1nc2cccnc2n1Cc1cccc(Cl)c1)C(=O)c1ccccc1-n1cccc1. The maximum atomic E-state index is 14.0. The number of fused-ring (bicyclic) bond motifs is 1. The average Bonchev–Trinajstić information content (AvgIpc) is 3.57. The molecule has 5 rings (SSSR count). The number of hydrogen-bond donors (Lipinski definition) is 0. The highest BCUT2D eigenvalue weighted by atomic mass is 35.5. The molecule has 0 atom stereocenters. The lowest BCUT2D eigenvalue weighted by Crippen LogP contribution is -2.33. The highest BCUT2D eigenvalue weighted by Crippen LogP contribution is 2.22. The Bertz CT molecular complexity index is 1490. The highest BCUT2D eigenvalue weighted by Gasteiger charge is 2.23. The van der Waals surface area contributed by atoms with Crippen molar-refractivity contribution in [2.45, 2.75) is 39.3 Å². The van der Waals surface area contributed by atoms with Gasteiger partial charge in [-0.2, -0.15) is 0 Å². The molecule has 0 saturated heterocycles. The second-order valence-corrected chi connectivity index (χ2v) is 9.57. The fourth-order valence-electron chi connectivity index (χ4n) is 4.63. The van der Waals surface area contributed by atoms with Crippen LogP contribution in [0.4, 0.5) is 0 Å². The van der Waals surface area contributed by atoms with Gasteiger partial charge in [-0.05, 0) is 60.5 Å². The highest BCUT2D eigenvalue weighted by molar-refractivity contribution is 6.30. The first-order chi connectivity index (χ1) is 18.1. The van der Waals surface area contributed by atoms with Crippen molar-refractivity contribution in [3.8, 4) is 5.69 Å². The van der Waals surface area contributed by atoms with Crippen molar-refractivity contribution in [3.05, 3.63) is 113 Å². The first kappa shape index (κ1) is 24.8. The van der Waals surface area contributed by atoms with Gasteiger partial charge in [0.05, 0.1) is 24.3 Å². The summed E-state index contributed by atoms with van der Waals surface area (Å²) in [6.07, 6.45) is 8.77. The molecule has 3 heterocycles. The first-order valence-corrected chi connectivity index (χ1v) is 13.1. The van der Waals surface area contributed by atoms with E-state index in [0.29, 0.717) is 30.2 Å². The number of imidazole rings is 1. The molecule has 5 aromatic rings. The average molecular weight is 512 g/mol. The molecule has 37 heavy (non-hydrogen) atoms. The molecule has 3 aromatic heterocycles. The van der Waals surface area contributed by atoms with E-state index in [1.54, 1.807) is 6.20 Å². The fraction of sp³-hybridized carbons (Fsp3) is 0.233. The van der Waals surface area contributed by atoms with Crippen LogP contribution < -0.4 is 0 Å². The van der Waals surface area contributed by atoms with Crippen LogP contribution in [0.25, 0.3) is 16.9 Å². The zero-order valence-corrected chi connectivity index (χ0v) is 21.7. The number of carbonyl (C=O) groups excluding carboxylic acids is 1. The van der Waals surface area contributed by atoms with E-state index in [2.05, 4.69) is 16.5 Å². The van der Waals surface area contributed by atoms with Gasteiger partial charge in [0.25, 0.3) is 5.91 Å². The van der Waals surface area contributed by atoms with Gasteiger partial charge >= 0.3 is 0 Å². The molecule has 0 N–H and O–H groups in total. The minimum absolute atomic E-state index is 0.00489. The van der Waals surface area contributed by atoms with Crippen LogP contribution in [-0.2, 0) is 13.1 Å². The third kappa shape index (κ3) is 5.59. The number of hydrogen-bond acceptors (Lipinski definition) is 3. The van der Waals surface area contributed by atoms with Crippen LogP contribution in [0.15, 0.2) is 91.4 Å². The van der Waals surface area contributed by atoms with Crippen LogP contribution in [0, 0.1) is 0 Å². The van der Waals surface area contributed by atoms with Gasteiger partial charge in [0.2, 0.25) is 0 Å². The standard InChI is InChI=1S/C30H30ClN5O/c1-2-3-6-19-35(30(37)25-13-4-5-15-27(25)34-17-7-8-18-34)22-28-33-26-14-10-16-32-29(26)36(28)21-23-11-9-12-24(31)20-23/h4-5,7-18,20H,2-3,6,19,21-22H2,1H3. The Labute approximate surface area is 222 Å². The van der Waals surface area contributed by atoms with Gasteiger partial charge in [0, 0.05) is 30.2 Å². The van der Waals surface area contributed by atoms with Crippen LogP contribution in [0.5, 0.6) is 0 Å². The van der Waals surface area contributed by atoms with Gasteiger partial charge in [-0.1, -0.05) is 55.6 Å². The summed E-state index contributed by atoms with van der Waals surface area (Å²) in [4.78, 5) is 25.5. The van der Waals surface area contributed by atoms with Crippen LogP contribution in [-0.4, -0.2) is 36.5 Å². The molecule has 188 valence electrons. The molecule has 0 bridgehead atoms. The Balaban J connectivity index is 1.52. The zero-order chi connectivity index (χ0) is 25.6. The summed E-state index contributed by atoms with van der Waals surface area (Å²) in [5, 5.41) is 0.689. The van der Waals surface area contributed by atoms with E-state index < -0.39 is 0 Å². The van der Waals surface area contributed by atoms with Crippen molar-refractivity contribution in [2.24, 2.45) is 0 Å². The van der Waals surface area contributed by atoms with Gasteiger partial charge < -0.3 is 14.0 Å². The number of unbranched alkanes of at least 4 members (excludes halogenated alkanes) is 2. The quantitative estimate of drug-likeness (QED) is 0.195. The Morgan fingerprint density at radius 3 is 2.62 bits per heavy atom. The van der Waals surface area contributed by atoms with Crippen molar-refractivity contribution in [1.29, 1.82) is 0 Å². The summed E-state index contributed by atoms with van der Waals surface area (Å²) >= 11 is 6.27. The molecular weight excluding hydrogens is 482 g/mol. The summed E-state index contributed by atoms with van der Waals surface area (Å²) in [6, 6.07) is 23.4. The monoisotopic (exact) mass is 511 g/mol. The van der Waals surface area contributed by atoms with E-state index in [1.165, 1.54) is 0 Å². The molecule has 0 saturated carbocycles. The number of aromatic nitrogens is 4. The number of amides is 1. The molecule has 0 aliphatic carbocycles. The molecule has 2 aromatic carbocycles. The van der Waals surface area contributed by atoms with E-state index in [0.717, 1.165) is 47.5 Å². The largest absolute Gasteiger partial charge is 0.331 e. The molecule has 1 amide bonds. The summed E-state index contributed by atoms with van der Waals surface area (Å²) in [6.45, 7) is 3.78. The van der Waals surface area contributed by atoms with Crippen LogP contribution in [0.3, 0.4) is 0 Å². The lowest BCUT2D eigenvalue weighted by molar-refractivity contribution is 0.0734. The summed E-state index contributed by atoms with van der Waals surface area (Å²) < 4.78 is 4.08. The van der Waals surface area contributed by atoms with Crippen molar-refractivity contribution in [1.82, 2.24) is 24.0 Å². The van der Waals surface area contributed by atoms with E-state index in [9.17, 15) is 4.79 Å². The number of pyridine rings is 1. The summed E-state index contributed by atoms with van der Waals surface area (Å²) in [5.41, 5.74) is 4.21. The van der Waals surface area contributed by atoms with E-state index in [1.807, 2.05) is 94.7 Å². The Hall–Kier alpha value is -3.90. The van der Waals surface area contributed by atoms with Gasteiger partial charge in [0.1, 0.15) is 11.3 Å². The van der Waals surface area contributed by atoms with Crippen molar-refractivity contribution < 1.29 is 4.79 Å². The molecule has 7 heteroatoms. The van der Waals surface area contributed by atoms with Crippen molar-refractivity contribution in [2.75, 3.05) is 6.54 Å². The molecule has 6 nitrogen and oxygen atoms in total.